The molecule has 0 amide bonds. The summed E-state index contributed by atoms with van der Waals surface area (Å²) in [5, 5.41) is 9.75. The Morgan fingerprint density at radius 3 is 1.45 bits per heavy atom. The van der Waals surface area contributed by atoms with E-state index in [0.29, 0.717) is 36.9 Å². The molecule has 176 valence electrons. The first-order valence-corrected chi connectivity index (χ1v) is 13.7. The molecule has 4 unspecified atom stereocenters. The summed E-state index contributed by atoms with van der Waals surface area (Å²) in [5.41, 5.74) is 2.56. The van der Waals surface area contributed by atoms with Crippen LogP contribution in [0.25, 0.3) is 0 Å². The molecule has 8 bridgehead atoms. The van der Waals surface area contributed by atoms with Crippen molar-refractivity contribution < 1.29 is 14.7 Å². The van der Waals surface area contributed by atoms with Crippen LogP contribution in [0.15, 0.2) is 0 Å². The molecular formula is C26H40Br2O3. The van der Waals surface area contributed by atoms with Crippen molar-refractivity contribution in [2.45, 2.75) is 113 Å². The Labute approximate surface area is 205 Å². The molecule has 4 atom stereocenters. The maximum Gasteiger partial charge on any atom is 0.373 e. The van der Waals surface area contributed by atoms with Gasteiger partial charge in [0.25, 0.3) is 0 Å². The largest absolute Gasteiger partial charge is 0.396 e. The van der Waals surface area contributed by atoms with E-state index in [9.17, 15) is 5.11 Å². The topological polar surface area (TPSA) is 54.4 Å². The molecule has 0 radical (unpaired) electrons. The van der Waals surface area contributed by atoms with E-state index in [-0.39, 0.29) is 11.6 Å². The Morgan fingerprint density at radius 2 is 1.10 bits per heavy atom. The van der Waals surface area contributed by atoms with Crippen molar-refractivity contribution in [2.24, 2.45) is 33.0 Å². The van der Waals surface area contributed by atoms with E-state index in [1.807, 2.05) is 0 Å². The van der Waals surface area contributed by atoms with Crippen molar-refractivity contribution in [3.05, 3.63) is 0 Å². The van der Waals surface area contributed by atoms with Gasteiger partial charge >= 0.3 is 6.15 Å². The highest BCUT2D eigenvalue weighted by Crippen LogP contribution is 2.72. The van der Waals surface area contributed by atoms with Crippen LogP contribution in [0.1, 0.15) is 105 Å². The first-order valence-electron chi connectivity index (χ1n) is 12.1. The average Bonchev–Trinajstić information content (AvgIpc) is 2.46. The predicted octanol–water partition coefficient (Wildman–Crippen LogP) is 7.04. The molecule has 0 aromatic carbocycles. The zero-order chi connectivity index (χ0) is 23.0. The summed E-state index contributed by atoms with van der Waals surface area (Å²) in [6.07, 6.45) is 16.8. The molecule has 0 saturated heterocycles. The average molecular weight is 560 g/mol. The molecule has 31 heavy (non-hydrogen) atoms. The van der Waals surface area contributed by atoms with Crippen LogP contribution in [-0.2, 0) is 9.59 Å². The fourth-order valence-electron chi connectivity index (χ4n) is 11.3. The van der Waals surface area contributed by atoms with Crippen LogP contribution >= 0.6 is 31.9 Å². The second-order valence-corrected chi connectivity index (χ2v) is 17.7. The zero-order valence-corrected chi connectivity index (χ0v) is 23.0. The highest BCUT2D eigenvalue weighted by molar-refractivity contribution is 9.10. The van der Waals surface area contributed by atoms with Gasteiger partial charge in [0.2, 0.25) is 0 Å². The van der Waals surface area contributed by atoms with Crippen molar-refractivity contribution in [1.29, 1.82) is 0 Å². The minimum atomic E-state index is 0.238. The molecule has 8 rings (SSSR count). The summed E-state index contributed by atoms with van der Waals surface area (Å²) in [6, 6.07) is 0. The summed E-state index contributed by atoms with van der Waals surface area (Å²) in [7, 11) is 0. The fraction of sp³-hybridized carbons (Fsp3) is 0.962. The van der Waals surface area contributed by atoms with E-state index in [1.165, 1.54) is 77.0 Å². The maximum absolute atomic E-state index is 9.75. The molecule has 0 heterocycles. The van der Waals surface area contributed by atoms with E-state index in [2.05, 4.69) is 59.6 Å². The number of halogens is 2. The molecule has 5 heteroatoms. The van der Waals surface area contributed by atoms with Crippen LogP contribution in [0, 0.1) is 33.0 Å². The van der Waals surface area contributed by atoms with Gasteiger partial charge in [0.1, 0.15) is 0 Å². The molecule has 8 aliphatic rings. The van der Waals surface area contributed by atoms with Gasteiger partial charge in [-0.1, -0.05) is 59.6 Å². The fourth-order valence-corrected chi connectivity index (χ4v) is 15.0. The summed E-state index contributed by atoms with van der Waals surface area (Å²) < 4.78 is 0.879. The SMILES string of the molecule is CC12CC3(C)CC(Br)(C1)CC(CO)(C2)C3.CC12CC3CC(C)(C1)CC(Br)(C3)C2.O=C=O. The minimum absolute atomic E-state index is 0.238. The Morgan fingerprint density at radius 1 is 0.677 bits per heavy atom. The van der Waals surface area contributed by atoms with E-state index in [1.54, 1.807) is 0 Å². The van der Waals surface area contributed by atoms with Crippen molar-refractivity contribution in [1.82, 2.24) is 0 Å². The lowest BCUT2D eigenvalue weighted by molar-refractivity contribution is -0.191. The van der Waals surface area contributed by atoms with Crippen molar-refractivity contribution >= 4 is 38.0 Å². The van der Waals surface area contributed by atoms with E-state index >= 15 is 0 Å². The number of hydrogen-bond acceptors (Lipinski definition) is 3. The Bertz CT molecular complexity index is 668. The number of rotatable bonds is 1. The smallest absolute Gasteiger partial charge is 0.373 e. The first kappa shape index (κ1) is 24.4. The van der Waals surface area contributed by atoms with E-state index in [4.69, 9.17) is 9.59 Å². The summed E-state index contributed by atoms with van der Waals surface area (Å²) in [4.78, 5) is 16.2. The molecule has 0 aromatic rings. The predicted molar refractivity (Wildman–Crippen MR) is 129 cm³/mol. The van der Waals surface area contributed by atoms with Gasteiger partial charge in [0, 0.05) is 15.3 Å². The molecule has 8 fully saturated rings. The molecule has 8 aliphatic carbocycles. The lowest BCUT2D eigenvalue weighted by atomic mass is 9.40. The number of carbonyl (C=O) groups excluding carboxylic acids is 2. The van der Waals surface area contributed by atoms with E-state index < -0.39 is 0 Å². The molecule has 8 saturated carbocycles. The molecule has 0 aliphatic heterocycles. The monoisotopic (exact) mass is 558 g/mol. The summed E-state index contributed by atoms with van der Waals surface area (Å²) >= 11 is 8.02. The molecular weight excluding hydrogens is 520 g/mol. The van der Waals surface area contributed by atoms with Gasteiger partial charge in [0.05, 0.1) is 0 Å². The molecule has 3 nitrogen and oxygen atoms in total. The summed E-state index contributed by atoms with van der Waals surface area (Å²) in [6.45, 7) is 10.3. The number of aliphatic hydroxyl groups is 1. The Hall–Kier alpha value is 0.300. The lowest BCUT2D eigenvalue weighted by Crippen LogP contribution is -2.61. The normalized spacial score (nSPS) is 57.5. The van der Waals surface area contributed by atoms with Crippen LogP contribution < -0.4 is 0 Å². The summed E-state index contributed by atoms with van der Waals surface area (Å²) in [5.74, 6) is 1.03. The van der Waals surface area contributed by atoms with Gasteiger partial charge in [-0.05, 0) is 110 Å². The Kier molecular flexibility index (Phi) is 5.83. The van der Waals surface area contributed by atoms with Crippen molar-refractivity contribution in [2.75, 3.05) is 6.61 Å². The van der Waals surface area contributed by atoms with Crippen LogP contribution in [-0.4, -0.2) is 26.5 Å². The number of alkyl halides is 2. The molecule has 0 aromatic heterocycles. The lowest BCUT2D eigenvalue weighted by Gasteiger charge is -2.68. The highest BCUT2D eigenvalue weighted by Gasteiger charge is 2.64. The van der Waals surface area contributed by atoms with E-state index in [0.717, 1.165) is 5.92 Å². The zero-order valence-electron chi connectivity index (χ0n) is 19.8. The van der Waals surface area contributed by atoms with Gasteiger partial charge in [-0.3, -0.25) is 0 Å². The maximum atomic E-state index is 9.75. The number of hydrogen-bond donors (Lipinski definition) is 1. The van der Waals surface area contributed by atoms with Crippen LogP contribution in [0.5, 0.6) is 0 Å². The van der Waals surface area contributed by atoms with Gasteiger partial charge in [-0.25, -0.2) is 0 Å². The highest BCUT2D eigenvalue weighted by atomic mass is 79.9. The third-order valence-corrected chi connectivity index (χ3v) is 11.3. The standard InChI is InChI=1S/C13H21BrO.C12H19Br.CO2/c1-10-3-11(2)5-12(4-10,9-15)8-13(14,6-10)7-11;1-10-3-9-4-11(2,6-10)8-12(13,5-9)7-10;2-1-3/h15H,3-9H2,1-2H3;9H,3-8H2,1-2H3;. The van der Waals surface area contributed by atoms with Gasteiger partial charge in [-0.15, -0.1) is 0 Å². The quantitative estimate of drug-likeness (QED) is 0.350. The molecule has 0 spiro atoms. The third kappa shape index (κ3) is 4.64. The third-order valence-electron chi connectivity index (χ3n) is 9.53. The second-order valence-electron chi connectivity index (χ2n) is 14.4. The van der Waals surface area contributed by atoms with Crippen molar-refractivity contribution in [3.8, 4) is 0 Å². The Balaban J connectivity index is 0.000000134. The van der Waals surface area contributed by atoms with Gasteiger partial charge in [0.15, 0.2) is 0 Å². The van der Waals surface area contributed by atoms with Gasteiger partial charge in [-0.2, -0.15) is 9.59 Å². The molecule has 1 N–H and O–H groups in total. The second kappa shape index (κ2) is 7.40. The minimum Gasteiger partial charge on any atom is -0.396 e. The number of aliphatic hydroxyl groups excluding tert-OH is 1. The van der Waals surface area contributed by atoms with Gasteiger partial charge < -0.3 is 5.11 Å². The van der Waals surface area contributed by atoms with Crippen molar-refractivity contribution in [3.63, 3.8) is 0 Å². The van der Waals surface area contributed by atoms with Crippen LogP contribution in [0.4, 0.5) is 0 Å². The van der Waals surface area contributed by atoms with Crippen LogP contribution in [0.2, 0.25) is 0 Å². The van der Waals surface area contributed by atoms with Crippen LogP contribution in [0.3, 0.4) is 0 Å². The first-order chi connectivity index (χ1) is 14.1.